The Hall–Kier alpha value is -1.06. The first kappa shape index (κ1) is 18.0. The molecule has 1 aromatic carbocycles. The minimum absolute atomic E-state index is 0. The Kier molecular flexibility index (Phi) is 6.69. The van der Waals surface area contributed by atoms with E-state index in [0.717, 1.165) is 31.2 Å². The van der Waals surface area contributed by atoms with Crippen molar-refractivity contribution in [2.45, 2.75) is 50.9 Å². The molecule has 1 fully saturated rings. The summed E-state index contributed by atoms with van der Waals surface area (Å²) in [7, 11) is 0. The lowest BCUT2D eigenvalue weighted by atomic mass is 9.77. The monoisotopic (exact) mass is 310 g/mol. The van der Waals surface area contributed by atoms with E-state index in [1.54, 1.807) is 0 Å². The molecule has 1 aliphatic carbocycles. The van der Waals surface area contributed by atoms with Crippen LogP contribution in [-0.2, 0) is 10.2 Å². The van der Waals surface area contributed by atoms with Gasteiger partial charge in [0, 0.05) is 13.1 Å². The minimum atomic E-state index is -0.329. The number of halogens is 1. The molecule has 3 N–H and O–H groups in total. The maximum atomic E-state index is 12.6. The van der Waals surface area contributed by atoms with Crippen molar-refractivity contribution in [2.24, 2.45) is 5.73 Å². The second-order valence-electron chi connectivity index (χ2n) is 6.11. The first-order valence-corrected chi connectivity index (χ1v) is 7.69. The zero-order valence-electron chi connectivity index (χ0n) is 13.0. The topological polar surface area (TPSA) is 55.1 Å². The van der Waals surface area contributed by atoms with Gasteiger partial charge >= 0.3 is 0 Å². The summed E-state index contributed by atoms with van der Waals surface area (Å²) >= 11 is 0. The van der Waals surface area contributed by atoms with Gasteiger partial charge in [-0.05, 0) is 29.9 Å². The molecule has 0 heterocycles. The summed E-state index contributed by atoms with van der Waals surface area (Å²) in [5.41, 5.74) is 7.65. The molecule has 21 heavy (non-hydrogen) atoms. The fourth-order valence-corrected chi connectivity index (χ4v) is 3.17. The van der Waals surface area contributed by atoms with E-state index in [2.05, 4.69) is 43.4 Å². The first-order chi connectivity index (χ1) is 9.60. The van der Waals surface area contributed by atoms with Gasteiger partial charge in [0.05, 0.1) is 5.41 Å². The number of nitrogens with two attached hydrogens (primary N) is 1. The smallest absolute Gasteiger partial charge is 0.230 e. The summed E-state index contributed by atoms with van der Waals surface area (Å²) in [6.07, 6.45) is 4.15. The summed E-state index contributed by atoms with van der Waals surface area (Å²) < 4.78 is 0. The van der Waals surface area contributed by atoms with Gasteiger partial charge in [-0.15, -0.1) is 12.4 Å². The van der Waals surface area contributed by atoms with Gasteiger partial charge in [-0.2, -0.15) is 0 Å². The van der Waals surface area contributed by atoms with Gasteiger partial charge in [0.15, 0.2) is 0 Å². The third kappa shape index (κ3) is 3.78. The molecule has 3 nitrogen and oxygen atoms in total. The quantitative estimate of drug-likeness (QED) is 0.878. The normalized spacial score (nSPS) is 16.6. The van der Waals surface area contributed by atoms with Crippen molar-refractivity contribution in [2.75, 3.05) is 13.1 Å². The van der Waals surface area contributed by atoms with Crippen LogP contribution in [0.4, 0.5) is 0 Å². The number of hydrogen-bond donors (Lipinski definition) is 2. The fraction of sp³-hybridized carbons (Fsp3) is 0.588. The zero-order chi connectivity index (χ0) is 14.6. The number of carbonyl (C=O) groups is 1. The molecule has 1 aliphatic rings. The summed E-state index contributed by atoms with van der Waals surface area (Å²) in [5, 5.41) is 2.99. The van der Waals surface area contributed by atoms with Crippen LogP contribution in [0.3, 0.4) is 0 Å². The summed E-state index contributed by atoms with van der Waals surface area (Å²) in [6, 6.07) is 8.61. The van der Waals surface area contributed by atoms with E-state index in [-0.39, 0.29) is 23.7 Å². The number of rotatable bonds is 5. The Labute approximate surface area is 134 Å². The highest BCUT2D eigenvalue weighted by Gasteiger charge is 2.42. The van der Waals surface area contributed by atoms with Crippen molar-refractivity contribution >= 4 is 18.3 Å². The lowest BCUT2D eigenvalue weighted by molar-refractivity contribution is -0.126. The number of nitrogens with one attached hydrogen (secondary N) is 1. The summed E-state index contributed by atoms with van der Waals surface area (Å²) in [4.78, 5) is 12.6. The average Bonchev–Trinajstić information content (AvgIpc) is 2.95. The van der Waals surface area contributed by atoms with Crippen LogP contribution in [0.15, 0.2) is 24.3 Å². The van der Waals surface area contributed by atoms with Crippen LogP contribution < -0.4 is 11.1 Å². The van der Waals surface area contributed by atoms with E-state index >= 15 is 0 Å². The largest absolute Gasteiger partial charge is 0.354 e. The van der Waals surface area contributed by atoms with Crippen molar-refractivity contribution in [3.05, 3.63) is 35.4 Å². The lowest BCUT2D eigenvalue weighted by Gasteiger charge is -2.28. The predicted molar refractivity (Wildman–Crippen MR) is 90.0 cm³/mol. The van der Waals surface area contributed by atoms with E-state index in [9.17, 15) is 4.79 Å². The predicted octanol–water partition coefficient (Wildman–Crippen LogP) is 3.12. The maximum Gasteiger partial charge on any atom is 0.230 e. The lowest BCUT2D eigenvalue weighted by Crippen LogP contribution is -2.44. The molecule has 1 aromatic rings. The molecule has 0 aliphatic heterocycles. The van der Waals surface area contributed by atoms with E-state index in [1.807, 2.05) is 0 Å². The van der Waals surface area contributed by atoms with Crippen LogP contribution in [0.25, 0.3) is 0 Å². The van der Waals surface area contributed by atoms with Gasteiger partial charge in [-0.3, -0.25) is 4.79 Å². The maximum absolute atomic E-state index is 12.6. The van der Waals surface area contributed by atoms with Crippen LogP contribution in [-0.4, -0.2) is 19.0 Å². The second kappa shape index (κ2) is 7.81. The molecule has 0 aromatic heterocycles. The van der Waals surface area contributed by atoms with Crippen LogP contribution in [0, 0.1) is 0 Å². The fourth-order valence-electron chi connectivity index (χ4n) is 3.17. The molecular weight excluding hydrogens is 284 g/mol. The van der Waals surface area contributed by atoms with Crippen LogP contribution in [0.5, 0.6) is 0 Å². The minimum Gasteiger partial charge on any atom is -0.354 e. The van der Waals surface area contributed by atoms with Gasteiger partial charge in [0.1, 0.15) is 0 Å². The number of benzene rings is 1. The molecule has 2 rings (SSSR count). The third-order valence-electron chi connectivity index (χ3n) is 4.45. The van der Waals surface area contributed by atoms with E-state index in [1.165, 1.54) is 5.56 Å². The molecule has 0 saturated heterocycles. The Morgan fingerprint density at radius 1 is 1.24 bits per heavy atom. The standard InChI is InChI=1S/C17H26N2O.ClH/c1-13(2)14-5-7-15(8-6-14)17(9-3-4-10-17)16(20)19-12-11-18;/h5-8,13H,3-4,9-12,18H2,1-2H3,(H,19,20);1H. The molecule has 0 radical (unpaired) electrons. The Morgan fingerprint density at radius 2 is 1.81 bits per heavy atom. The molecule has 0 spiro atoms. The van der Waals surface area contributed by atoms with Crippen LogP contribution in [0.1, 0.15) is 56.6 Å². The zero-order valence-corrected chi connectivity index (χ0v) is 13.8. The van der Waals surface area contributed by atoms with E-state index < -0.39 is 0 Å². The molecular formula is C17H27ClN2O. The van der Waals surface area contributed by atoms with Crippen LogP contribution >= 0.6 is 12.4 Å². The van der Waals surface area contributed by atoms with Gasteiger partial charge in [-0.1, -0.05) is 51.0 Å². The van der Waals surface area contributed by atoms with Crippen molar-refractivity contribution < 1.29 is 4.79 Å². The van der Waals surface area contributed by atoms with Gasteiger partial charge in [0.2, 0.25) is 5.91 Å². The third-order valence-corrected chi connectivity index (χ3v) is 4.45. The summed E-state index contributed by atoms with van der Waals surface area (Å²) in [5.74, 6) is 0.674. The van der Waals surface area contributed by atoms with Crippen molar-refractivity contribution in [3.63, 3.8) is 0 Å². The highest BCUT2D eigenvalue weighted by atomic mass is 35.5. The van der Waals surface area contributed by atoms with E-state index in [0.29, 0.717) is 19.0 Å². The average molecular weight is 311 g/mol. The van der Waals surface area contributed by atoms with Crippen molar-refractivity contribution in [1.82, 2.24) is 5.32 Å². The molecule has 0 bridgehead atoms. The van der Waals surface area contributed by atoms with Crippen molar-refractivity contribution in [3.8, 4) is 0 Å². The van der Waals surface area contributed by atoms with Crippen LogP contribution in [0.2, 0.25) is 0 Å². The highest BCUT2D eigenvalue weighted by molar-refractivity contribution is 5.88. The number of carbonyl (C=O) groups excluding carboxylic acids is 1. The summed E-state index contributed by atoms with van der Waals surface area (Å²) in [6.45, 7) is 5.43. The molecule has 0 atom stereocenters. The molecule has 0 unspecified atom stereocenters. The molecule has 118 valence electrons. The Morgan fingerprint density at radius 3 is 2.29 bits per heavy atom. The second-order valence-corrected chi connectivity index (χ2v) is 6.11. The van der Waals surface area contributed by atoms with Gasteiger partial charge in [-0.25, -0.2) is 0 Å². The number of amides is 1. The van der Waals surface area contributed by atoms with Crippen molar-refractivity contribution in [1.29, 1.82) is 0 Å². The SMILES string of the molecule is CC(C)c1ccc(C2(C(=O)NCCN)CCCC2)cc1.Cl. The van der Waals surface area contributed by atoms with E-state index in [4.69, 9.17) is 5.73 Å². The number of hydrogen-bond acceptors (Lipinski definition) is 2. The van der Waals surface area contributed by atoms with Gasteiger partial charge < -0.3 is 11.1 Å². The molecule has 1 saturated carbocycles. The molecule has 4 heteroatoms. The first-order valence-electron chi connectivity index (χ1n) is 7.69. The highest BCUT2D eigenvalue weighted by Crippen LogP contribution is 2.41. The van der Waals surface area contributed by atoms with Gasteiger partial charge in [0.25, 0.3) is 0 Å². The Bertz CT molecular complexity index is 450. The Balaban J connectivity index is 0.00000220. The molecule has 1 amide bonds.